The lowest BCUT2D eigenvalue weighted by molar-refractivity contribution is 0.0403. The molecule has 5 aliphatic rings. The highest BCUT2D eigenvalue weighted by molar-refractivity contribution is 5.76. The standard InChI is InChI=1S/C32H41N9O/c42-29-4-2-1-3-26(29)27-15-28-30(38-37-27)34-18-25-19-40(13-14-41(25)28)31-35-16-23(17-36-31)22-7-11-39(12-8-22)24-5-9-32(10-6-24)20-33-21-32/h1-4,15-17,22,24-25,33,42H,5-14,18-21H2,(H,34,38)/t25-/m0/s1. The summed E-state index contributed by atoms with van der Waals surface area (Å²) in [4.78, 5) is 17.2. The Hall–Kier alpha value is -3.50. The molecule has 8 rings (SSSR count). The summed E-state index contributed by atoms with van der Waals surface area (Å²) in [6.07, 6.45) is 12.2. The van der Waals surface area contributed by atoms with Crippen LogP contribution in [-0.2, 0) is 0 Å². The van der Waals surface area contributed by atoms with E-state index in [1.54, 1.807) is 6.07 Å². The first-order valence-electron chi connectivity index (χ1n) is 15.8. The van der Waals surface area contributed by atoms with Gasteiger partial charge in [0.1, 0.15) is 5.75 Å². The fourth-order valence-electron chi connectivity index (χ4n) is 8.01. The summed E-state index contributed by atoms with van der Waals surface area (Å²) < 4.78 is 0. The van der Waals surface area contributed by atoms with E-state index in [4.69, 9.17) is 9.97 Å². The summed E-state index contributed by atoms with van der Waals surface area (Å²) in [5.74, 6) is 2.41. The van der Waals surface area contributed by atoms with Crippen LogP contribution in [0, 0.1) is 5.41 Å². The van der Waals surface area contributed by atoms with E-state index in [1.165, 1.54) is 70.3 Å². The van der Waals surface area contributed by atoms with Crippen LogP contribution < -0.4 is 20.4 Å². The second-order valence-corrected chi connectivity index (χ2v) is 13.1. The van der Waals surface area contributed by atoms with Gasteiger partial charge >= 0.3 is 0 Å². The Balaban J connectivity index is 0.884. The van der Waals surface area contributed by atoms with E-state index in [0.717, 1.165) is 49.7 Å². The predicted molar refractivity (Wildman–Crippen MR) is 164 cm³/mol. The maximum atomic E-state index is 10.3. The predicted octanol–water partition coefficient (Wildman–Crippen LogP) is 3.47. The third-order valence-corrected chi connectivity index (χ3v) is 10.7. The molecular formula is C32H41N9O. The molecule has 1 aliphatic carbocycles. The Bertz CT molecular complexity index is 1410. The third kappa shape index (κ3) is 4.74. The Morgan fingerprint density at radius 2 is 1.67 bits per heavy atom. The quantitative estimate of drug-likeness (QED) is 0.434. The zero-order chi connectivity index (χ0) is 28.1. The van der Waals surface area contributed by atoms with Crippen LogP contribution in [0.2, 0.25) is 0 Å². The third-order valence-electron chi connectivity index (χ3n) is 10.7. The maximum Gasteiger partial charge on any atom is 0.225 e. The van der Waals surface area contributed by atoms with E-state index in [-0.39, 0.29) is 11.8 Å². The van der Waals surface area contributed by atoms with Crippen LogP contribution in [0.1, 0.15) is 50.0 Å². The number of nitrogens with zero attached hydrogens (tertiary/aromatic N) is 7. The van der Waals surface area contributed by atoms with E-state index >= 15 is 0 Å². The van der Waals surface area contributed by atoms with Crippen LogP contribution in [0.15, 0.2) is 42.7 Å². The van der Waals surface area contributed by atoms with Crippen molar-refractivity contribution in [2.75, 3.05) is 67.5 Å². The molecule has 2 aromatic heterocycles. The Labute approximate surface area is 247 Å². The van der Waals surface area contributed by atoms with E-state index in [0.29, 0.717) is 22.6 Å². The molecule has 3 saturated heterocycles. The van der Waals surface area contributed by atoms with Crippen molar-refractivity contribution in [1.29, 1.82) is 0 Å². The smallest absolute Gasteiger partial charge is 0.225 e. The number of anilines is 3. The Morgan fingerprint density at radius 1 is 0.881 bits per heavy atom. The number of piperazine rings is 1. The average molecular weight is 568 g/mol. The molecule has 0 unspecified atom stereocenters. The van der Waals surface area contributed by atoms with Gasteiger partial charge in [0.05, 0.1) is 17.4 Å². The molecule has 0 radical (unpaired) electrons. The van der Waals surface area contributed by atoms with Gasteiger partial charge in [0.15, 0.2) is 5.82 Å². The number of aromatic nitrogens is 4. The molecule has 4 aliphatic heterocycles. The van der Waals surface area contributed by atoms with Crippen LogP contribution in [0.5, 0.6) is 5.75 Å². The van der Waals surface area contributed by atoms with Gasteiger partial charge in [-0.3, -0.25) is 0 Å². The van der Waals surface area contributed by atoms with Crippen molar-refractivity contribution in [3.05, 3.63) is 48.3 Å². The van der Waals surface area contributed by atoms with Crippen LogP contribution in [-0.4, -0.2) is 94.6 Å². The highest BCUT2D eigenvalue weighted by atomic mass is 16.3. The number of hydrogen-bond acceptors (Lipinski definition) is 10. The number of nitrogens with one attached hydrogen (secondary N) is 2. The normalized spacial score (nSPS) is 24.5. The number of fused-ring (bicyclic) bond motifs is 3. The first-order valence-corrected chi connectivity index (χ1v) is 15.8. The molecule has 10 heteroatoms. The fraction of sp³-hybridized carbons (Fsp3) is 0.562. The largest absolute Gasteiger partial charge is 0.507 e. The molecule has 1 aromatic carbocycles. The number of likely N-dealkylation sites (tertiary alicyclic amines) is 1. The van der Waals surface area contributed by atoms with Crippen LogP contribution in [0.4, 0.5) is 17.5 Å². The van der Waals surface area contributed by atoms with Crippen molar-refractivity contribution in [1.82, 2.24) is 30.4 Å². The van der Waals surface area contributed by atoms with Gasteiger partial charge in [-0.15, -0.1) is 10.2 Å². The molecule has 4 fully saturated rings. The van der Waals surface area contributed by atoms with E-state index in [9.17, 15) is 5.11 Å². The lowest BCUT2D eigenvalue weighted by Gasteiger charge is -2.50. The lowest BCUT2D eigenvalue weighted by Crippen LogP contribution is -2.58. The fourth-order valence-corrected chi connectivity index (χ4v) is 8.01. The minimum atomic E-state index is 0.215. The van der Waals surface area contributed by atoms with Crippen LogP contribution in [0.3, 0.4) is 0 Å². The second kappa shape index (κ2) is 10.6. The number of para-hydroxylation sites is 1. The number of hydrogen-bond donors (Lipinski definition) is 3. The molecule has 42 heavy (non-hydrogen) atoms. The summed E-state index contributed by atoms with van der Waals surface area (Å²) in [6, 6.07) is 10.4. The van der Waals surface area contributed by atoms with Crippen LogP contribution in [0.25, 0.3) is 11.3 Å². The zero-order valence-electron chi connectivity index (χ0n) is 24.3. The highest BCUT2D eigenvalue weighted by Gasteiger charge is 2.41. The molecule has 0 bridgehead atoms. The molecule has 6 heterocycles. The molecule has 1 atom stereocenters. The van der Waals surface area contributed by atoms with Crippen molar-refractivity contribution in [2.45, 2.75) is 56.5 Å². The van der Waals surface area contributed by atoms with Crippen molar-refractivity contribution in [3.63, 3.8) is 0 Å². The second-order valence-electron chi connectivity index (χ2n) is 13.1. The van der Waals surface area contributed by atoms with Gasteiger partial charge in [-0.25, -0.2) is 9.97 Å². The number of benzene rings is 1. The van der Waals surface area contributed by atoms with Gasteiger partial charge in [0.25, 0.3) is 0 Å². The Morgan fingerprint density at radius 3 is 2.40 bits per heavy atom. The summed E-state index contributed by atoms with van der Waals surface area (Å²) in [5, 5.41) is 26.1. The van der Waals surface area contributed by atoms with Crippen molar-refractivity contribution < 1.29 is 5.11 Å². The number of rotatable bonds is 4. The van der Waals surface area contributed by atoms with Gasteiger partial charge in [-0.2, -0.15) is 0 Å². The van der Waals surface area contributed by atoms with Gasteiger partial charge in [0.2, 0.25) is 5.95 Å². The molecule has 220 valence electrons. The molecule has 1 spiro atoms. The molecular weight excluding hydrogens is 526 g/mol. The zero-order valence-corrected chi connectivity index (χ0v) is 24.3. The first kappa shape index (κ1) is 26.2. The van der Waals surface area contributed by atoms with Gasteiger partial charge in [-0.05, 0) is 86.7 Å². The number of aromatic hydroxyl groups is 1. The summed E-state index contributed by atoms with van der Waals surface area (Å²) in [7, 11) is 0. The monoisotopic (exact) mass is 567 g/mol. The van der Waals surface area contributed by atoms with Crippen molar-refractivity contribution >= 4 is 17.5 Å². The van der Waals surface area contributed by atoms with E-state index in [2.05, 4.69) is 47.9 Å². The van der Waals surface area contributed by atoms with Gasteiger partial charge < -0.3 is 30.4 Å². The minimum absolute atomic E-state index is 0.215. The highest BCUT2D eigenvalue weighted by Crippen LogP contribution is 2.42. The van der Waals surface area contributed by atoms with Gasteiger partial charge in [0, 0.05) is 63.3 Å². The minimum Gasteiger partial charge on any atom is -0.507 e. The van der Waals surface area contributed by atoms with Crippen molar-refractivity contribution in [2.24, 2.45) is 5.41 Å². The summed E-state index contributed by atoms with van der Waals surface area (Å²) in [5.41, 5.74) is 4.35. The molecule has 1 saturated carbocycles. The molecule has 10 nitrogen and oxygen atoms in total. The summed E-state index contributed by atoms with van der Waals surface area (Å²) in [6.45, 7) is 8.24. The van der Waals surface area contributed by atoms with Gasteiger partial charge in [-0.1, -0.05) is 12.1 Å². The summed E-state index contributed by atoms with van der Waals surface area (Å²) >= 11 is 0. The molecule has 3 aromatic rings. The molecule has 0 amide bonds. The maximum absolute atomic E-state index is 10.3. The average Bonchev–Trinajstić information content (AvgIpc) is 3.04. The number of piperidine rings is 1. The Kier molecular flexibility index (Phi) is 6.63. The van der Waals surface area contributed by atoms with Crippen LogP contribution >= 0.6 is 0 Å². The van der Waals surface area contributed by atoms with E-state index < -0.39 is 0 Å². The van der Waals surface area contributed by atoms with E-state index in [1.807, 2.05) is 24.3 Å². The topological polar surface area (TPSA) is 106 Å². The molecule has 3 N–H and O–H groups in total. The SMILES string of the molecule is Oc1ccccc1-c1cc2c(nn1)NC[C@H]1CN(c3ncc(C4CCN(C5CCC6(CC5)CNC6)CC4)cn3)CCN21. The lowest BCUT2D eigenvalue weighted by atomic mass is 9.68. The van der Waals surface area contributed by atoms with Crippen molar-refractivity contribution in [3.8, 4) is 17.0 Å². The number of phenols is 1. The number of phenolic OH excluding ortho intramolecular Hbond substituents is 1. The first-order chi connectivity index (χ1) is 20.6.